The molecule has 0 aliphatic heterocycles. The van der Waals surface area contributed by atoms with Gasteiger partial charge in [-0.3, -0.25) is 24.1 Å². The van der Waals surface area contributed by atoms with E-state index in [2.05, 4.69) is 16.0 Å². The second-order valence-corrected chi connectivity index (χ2v) is 10.5. The molecule has 3 atom stereocenters. The van der Waals surface area contributed by atoms with Crippen LogP contribution in [-0.2, 0) is 33.8 Å². The van der Waals surface area contributed by atoms with Crippen LogP contribution in [0.25, 0.3) is 0 Å². The summed E-state index contributed by atoms with van der Waals surface area (Å²) in [5.74, 6) is -5.46. The Morgan fingerprint density at radius 3 is 2.14 bits per heavy atom. The van der Waals surface area contributed by atoms with E-state index in [-0.39, 0.29) is 6.42 Å². The van der Waals surface area contributed by atoms with E-state index in [1.54, 1.807) is 39.1 Å². The number of rotatable bonds is 15. The summed E-state index contributed by atoms with van der Waals surface area (Å²) in [6, 6.07) is 4.31. The molecule has 0 bridgehead atoms. The number of amides is 3. The van der Waals surface area contributed by atoms with Crippen molar-refractivity contribution in [2.75, 3.05) is 32.1 Å². The van der Waals surface area contributed by atoms with Crippen molar-refractivity contribution >= 4 is 39.3 Å². The van der Waals surface area contributed by atoms with Gasteiger partial charge in [-0.15, -0.1) is 0 Å². The average Bonchev–Trinajstić information content (AvgIpc) is 2.82. The third kappa shape index (κ3) is 10.1. The topological polar surface area (TPSA) is 179 Å². The first kappa shape index (κ1) is 30.7. The highest BCUT2D eigenvalue weighted by Crippen LogP contribution is 2.12. The first-order valence-electron chi connectivity index (χ1n) is 11.4. The highest BCUT2D eigenvalue weighted by molar-refractivity contribution is 7.90. The highest BCUT2D eigenvalue weighted by atomic mass is 32.2. The van der Waals surface area contributed by atoms with Crippen LogP contribution in [0.5, 0.6) is 0 Å². The van der Waals surface area contributed by atoms with Gasteiger partial charge < -0.3 is 21.1 Å². The minimum absolute atomic E-state index is 0.112. The molecule has 0 fully saturated rings. The number of aliphatic carboxylic acids is 1. The van der Waals surface area contributed by atoms with Crippen LogP contribution in [0, 0.1) is 0 Å². The number of carboxylic acid groups (broad SMARTS) is 1. The van der Waals surface area contributed by atoms with Gasteiger partial charge in [0.2, 0.25) is 17.6 Å². The number of carboxylic acids is 1. The number of hydrogen-bond acceptors (Lipinski definition) is 8. The maximum atomic E-state index is 12.8. The van der Waals surface area contributed by atoms with Crippen LogP contribution in [-0.4, -0.2) is 92.1 Å². The van der Waals surface area contributed by atoms with E-state index in [0.29, 0.717) is 18.5 Å². The number of hydrogen-bond donors (Lipinski definition) is 4. The lowest BCUT2D eigenvalue weighted by atomic mass is 10.1. The summed E-state index contributed by atoms with van der Waals surface area (Å²) in [6.45, 7) is 3.18. The molecule has 0 saturated carbocycles. The van der Waals surface area contributed by atoms with Gasteiger partial charge in [-0.05, 0) is 25.6 Å². The summed E-state index contributed by atoms with van der Waals surface area (Å²) in [4.78, 5) is 63.2. The molecule has 4 N–H and O–H groups in total. The number of ketones is 1. The van der Waals surface area contributed by atoms with Gasteiger partial charge in [0.15, 0.2) is 6.04 Å². The Hall–Kier alpha value is -3.32. The van der Waals surface area contributed by atoms with Crippen molar-refractivity contribution in [1.29, 1.82) is 0 Å². The Balaban J connectivity index is 2.83. The third-order valence-corrected chi connectivity index (χ3v) is 6.24. The molecule has 1 aromatic carbocycles. The van der Waals surface area contributed by atoms with Gasteiger partial charge in [0, 0.05) is 6.26 Å². The lowest BCUT2D eigenvalue weighted by Gasteiger charge is -2.27. The first-order valence-corrected chi connectivity index (χ1v) is 13.4. The third-order valence-electron chi connectivity index (χ3n) is 5.32. The number of benzene rings is 1. The summed E-state index contributed by atoms with van der Waals surface area (Å²) in [7, 11) is -1.95. The SMILES string of the molecule is CCCC(NC(=O)C(CS(C)(=O)=O)N(C)CC)C(=O)C(=O)NCC(=O)NC(C(=O)O)c1ccccc1. The van der Waals surface area contributed by atoms with Crippen LogP contribution >= 0.6 is 0 Å². The Bertz CT molecular complexity index is 1050. The standard InChI is InChI=1S/C23H34N4O8S/c1-5-10-16(25-21(30)17(27(3)6-2)14-36(4,34)35)20(29)22(31)24-13-18(28)26-19(23(32)33)15-11-8-7-9-12-15/h7-9,11-12,16-17,19H,5-6,10,13-14H2,1-4H3,(H,24,31)(H,25,30)(H,26,28)(H,32,33). The lowest BCUT2D eigenvalue weighted by molar-refractivity contribution is -0.142. The molecule has 0 aromatic heterocycles. The van der Waals surface area contributed by atoms with Crippen LogP contribution in [0.2, 0.25) is 0 Å². The van der Waals surface area contributed by atoms with Gasteiger partial charge in [-0.1, -0.05) is 50.6 Å². The van der Waals surface area contributed by atoms with E-state index in [9.17, 15) is 37.5 Å². The molecule has 0 saturated heterocycles. The molecule has 200 valence electrons. The summed E-state index contributed by atoms with van der Waals surface area (Å²) in [6.07, 6.45) is 1.54. The zero-order valence-electron chi connectivity index (χ0n) is 20.8. The molecule has 0 spiro atoms. The van der Waals surface area contributed by atoms with Crippen molar-refractivity contribution < 1.29 is 37.5 Å². The van der Waals surface area contributed by atoms with Gasteiger partial charge in [-0.25, -0.2) is 13.2 Å². The predicted molar refractivity (Wildman–Crippen MR) is 132 cm³/mol. The van der Waals surface area contributed by atoms with Gasteiger partial charge in [0.05, 0.1) is 18.3 Å². The van der Waals surface area contributed by atoms with Crippen LogP contribution in [0.1, 0.15) is 38.3 Å². The van der Waals surface area contributed by atoms with Gasteiger partial charge in [0.1, 0.15) is 15.9 Å². The minimum atomic E-state index is -3.52. The molecule has 3 amide bonds. The van der Waals surface area contributed by atoms with Crippen molar-refractivity contribution in [3.63, 3.8) is 0 Å². The van der Waals surface area contributed by atoms with E-state index in [0.717, 1.165) is 6.26 Å². The zero-order chi connectivity index (χ0) is 27.5. The lowest BCUT2D eigenvalue weighted by Crippen LogP contribution is -2.55. The highest BCUT2D eigenvalue weighted by Gasteiger charge is 2.32. The minimum Gasteiger partial charge on any atom is -0.479 e. The number of carbonyl (C=O) groups is 5. The fourth-order valence-corrected chi connectivity index (χ4v) is 4.27. The van der Waals surface area contributed by atoms with Crippen molar-refractivity contribution in [2.45, 2.75) is 44.8 Å². The Morgan fingerprint density at radius 2 is 1.64 bits per heavy atom. The fraction of sp³-hybridized carbons (Fsp3) is 0.522. The summed E-state index contributed by atoms with van der Waals surface area (Å²) < 4.78 is 23.5. The number of Topliss-reactive ketones (excluding diaryl/α,β-unsaturated/α-hetero) is 1. The molecule has 0 aliphatic rings. The van der Waals surface area contributed by atoms with E-state index < -0.39 is 69.7 Å². The summed E-state index contributed by atoms with van der Waals surface area (Å²) in [5, 5.41) is 16.3. The maximum absolute atomic E-state index is 12.8. The largest absolute Gasteiger partial charge is 0.479 e. The number of carbonyl (C=O) groups excluding carboxylic acids is 4. The zero-order valence-corrected chi connectivity index (χ0v) is 21.6. The van der Waals surface area contributed by atoms with Gasteiger partial charge in [0.25, 0.3) is 5.91 Å². The van der Waals surface area contributed by atoms with Gasteiger partial charge >= 0.3 is 5.97 Å². The Morgan fingerprint density at radius 1 is 1.03 bits per heavy atom. The fourth-order valence-electron chi connectivity index (χ4n) is 3.29. The van der Waals surface area contributed by atoms with Crippen molar-refractivity contribution in [2.24, 2.45) is 0 Å². The quantitative estimate of drug-likeness (QED) is 0.214. The van der Waals surface area contributed by atoms with E-state index in [1.165, 1.54) is 17.0 Å². The molecule has 0 radical (unpaired) electrons. The van der Waals surface area contributed by atoms with E-state index in [1.807, 2.05) is 0 Å². The van der Waals surface area contributed by atoms with Crippen LogP contribution in [0.3, 0.4) is 0 Å². The molecular weight excluding hydrogens is 492 g/mol. The van der Waals surface area contributed by atoms with E-state index >= 15 is 0 Å². The molecule has 13 heteroatoms. The second kappa shape index (κ2) is 14.3. The van der Waals surface area contributed by atoms with Crippen LogP contribution < -0.4 is 16.0 Å². The summed E-state index contributed by atoms with van der Waals surface area (Å²) in [5.41, 5.74) is 0.326. The molecule has 36 heavy (non-hydrogen) atoms. The first-order chi connectivity index (χ1) is 16.8. The maximum Gasteiger partial charge on any atom is 0.330 e. The predicted octanol–water partition coefficient (Wildman–Crippen LogP) is -0.736. The second-order valence-electron chi connectivity index (χ2n) is 8.33. The average molecular weight is 527 g/mol. The molecule has 1 rings (SSSR count). The van der Waals surface area contributed by atoms with Gasteiger partial charge in [-0.2, -0.15) is 0 Å². The molecule has 1 aromatic rings. The van der Waals surface area contributed by atoms with Crippen LogP contribution in [0.4, 0.5) is 0 Å². The van der Waals surface area contributed by atoms with Crippen LogP contribution in [0.15, 0.2) is 30.3 Å². The Labute approximate surface area is 210 Å². The number of nitrogens with one attached hydrogen (secondary N) is 3. The molecular formula is C23H34N4O8S. The number of nitrogens with zero attached hydrogens (tertiary/aromatic N) is 1. The van der Waals surface area contributed by atoms with E-state index in [4.69, 9.17) is 0 Å². The summed E-state index contributed by atoms with van der Waals surface area (Å²) >= 11 is 0. The monoisotopic (exact) mass is 526 g/mol. The molecule has 3 unspecified atom stereocenters. The van der Waals surface area contributed by atoms with Crippen molar-refractivity contribution in [1.82, 2.24) is 20.9 Å². The molecule has 0 aliphatic carbocycles. The smallest absolute Gasteiger partial charge is 0.330 e. The number of sulfone groups is 1. The molecule has 0 heterocycles. The number of likely N-dealkylation sites (N-methyl/N-ethyl adjacent to an activating group) is 1. The Kier molecular flexibility index (Phi) is 12.2. The normalized spacial score (nSPS) is 13.8. The van der Waals surface area contributed by atoms with Crippen molar-refractivity contribution in [3.05, 3.63) is 35.9 Å². The molecule has 12 nitrogen and oxygen atoms in total. The van der Waals surface area contributed by atoms with Crippen molar-refractivity contribution in [3.8, 4) is 0 Å².